The molecule has 1 saturated carbocycles. The Balaban J connectivity index is 0.00000264. The lowest BCUT2D eigenvalue weighted by molar-refractivity contribution is -0.140. The molecule has 0 unspecified atom stereocenters. The summed E-state index contributed by atoms with van der Waals surface area (Å²) in [5.74, 6) is -5.89. The van der Waals surface area contributed by atoms with Gasteiger partial charge in [-0.05, 0) is 50.4 Å². The van der Waals surface area contributed by atoms with Gasteiger partial charge in [-0.2, -0.15) is 26.9 Å². The summed E-state index contributed by atoms with van der Waals surface area (Å²) in [5.41, 5.74) is -1.59. The molecule has 5 rings (SSSR count). The number of alkyl halides is 5. The maximum atomic E-state index is 14.8. The van der Waals surface area contributed by atoms with E-state index in [-0.39, 0.29) is 38.0 Å². The Morgan fingerprint density at radius 2 is 1.83 bits per heavy atom. The maximum Gasteiger partial charge on any atom is 0.418 e. The number of carbonyl (C=O) groups excluding carboxylic acids is 2. The molecule has 0 atom stereocenters. The van der Waals surface area contributed by atoms with Gasteiger partial charge in [-0.25, -0.2) is 4.98 Å². The van der Waals surface area contributed by atoms with Crippen LogP contribution >= 0.6 is 0 Å². The second-order valence-corrected chi connectivity index (χ2v) is 11.1. The number of halogens is 5. The molecule has 42 heavy (non-hydrogen) atoms. The lowest BCUT2D eigenvalue weighted by Gasteiger charge is -2.31. The summed E-state index contributed by atoms with van der Waals surface area (Å²) in [6.07, 6.45) is 0.673. The van der Waals surface area contributed by atoms with E-state index in [1.54, 1.807) is 0 Å². The van der Waals surface area contributed by atoms with Crippen molar-refractivity contribution in [2.45, 2.75) is 69.6 Å². The van der Waals surface area contributed by atoms with Crippen LogP contribution in [0.2, 0.25) is 0 Å². The molecule has 2 N–H and O–H groups in total. The fourth-order valence-corrected chi connectivity index (χ4v) is 5.92. The molecule has 0 radical (unpaired) electrons. The number of piperidine rings is 1. The molecule has 1 aromatic heterocycles. The highest BCUT2D eigenvalue weighted by molar-refractivity contribution is 6.02. The summed E-state index contributed by atoms with van der Waals surface area (Å²) in [4.78, 5) is 38.1. The lowest BCUT2D eigenvalue weighted by atomic mass is 10.0. The fraction of sp³-hybridized carbons (Fsp3) is 0.571. The Morgan fingerprint density at radius 3 is 2.48 bits per heavy atom. The van der Waals surface area contributed by atoms with E-state index in [2.05, 4.69) is 25.5 Å². The minimum absolute atomic E-state index is 0. The van der Waals surface area contributed by atoms with Gasteiger partial charge in [-0.15, -0.1) is 0 Å². The van der Waals surface area contributed by atoms with Gasteiger partial charge >= 0.3 is 12.1 Å². The molecule has 0 bridgehead atoms. The smallest absolute Gasteiger partial charge is 0.349 e. The van der Waals surface area contributed by atoms with Crippen LogP contribution in [-0.2, 0) is 11.0 Å². The normalized spacial score (nSPS) is 20.4. The predicted octanol–water partition coefficient (Wildman–Crippen LogP) is 5.31. The SMILES string of the molecule is CCN1CCC(NC(=O)c2ccc(Nc3ncc4c(n3)N(C3CCCC3)CC(F)(F)C(=O)N4C)c(C(F)(F)F)c2)CC1.[HH].[HH]. The zero-order valence-electron chi connectivity index (χ0n) is 23.5. The van der Waals surface area contributed by atoms with Crippen LogP contribution in [0, 0.1) is 0 Å². The standard InChI is InChI=1S/C28H34F5N7O2.2H2/c1-3-39-12-10-18(11-13-39)35-24(41)17-8-9-21(20(14-17)28(31,32)33)36-26-34-15-22-23(37-26)40(19-6-4-5-7-19)16-27(29,30)25(42)38(22)2;;/h8-9,14-15,18-19H,3-7,10-13,16H2,1-2H3,(H,35,41)(H,34,36,37);2*1H. The summed E-state index contributed by atoms with van der Waals surface area (Å²) >= 11 is 0. The summed E-state index contributed by atoms with van der Waals surface area (Å²) in [7, 11) is 1.20. The van der Waals surface area contributed by atoms with Crippen molar-refractivity contribution in [2.24, 2.45) is 0 Å². The van der Waals surface area contributed by atoms with E-state index in [1.165, 1.54) is 18.0 Å². The topological polar surface area (TPSA) is 93.7 Å². The van der Waals surface area contributed by atoms with Crippen LogP contribution in [0.5, 0.6) is 0 Å². The zero-order chi connectivity index (χ0) is 30.2. The fourth-order valence-electron chi connectivity index (χ4n) is 5.92. The van der Waals surface area contributed by atoms with Crippen LogP contribution < -0.4 is 20.4 Å². The Labute approximate surface area is 243 Å². The van der Waals surface area contributed by atoms with Gasteiger partial charge in [0.25, 0.3) is 11.8 Å². The number of hydrogen-bond donors (Lipinski definition) is 2. The minimum Gasteiger partial charge on any atom is -0.349 e. The number of rotatable bonds is 6. The van der Waals surface area contributed by atoms with Crippen LogP contribution in [0.15, 0.2) is 24.4 Å². The highest BCUT2D eigenvalue weighted by atomic mass is 19.4. The first-order valence-electron chi connectivity index (χ1n) is 14.2. The van der Waals surface area contributed by atoms with Gasteiger partial charge < -0.3 is 25.3 Å². The number of amides is 2. The molecule has 0 spiro atoms. The van der Waals surface area contributed by atoms with Crippen molar-refractivity contribution >= 4 is 35.0 Å². The molecule has 9 nitrogen and oxygen atoms in total. The number of fused-ring (bicyclic) bond motifs is 1. The van der Waals surface area contributed by atoms with E-state index < -0.39 is 41.7 Å². The van der Waals surface area contributed by atoms with Crippen molar-refractivity contribution < 1.29 is 34.4 Å². The van der Waals surface area contributed by atoms with E-state index in [0.717, 1.165) is 55.7 Å². The number of nitrogens with zero attached hydrogens (tertiary/aromatic N) is 5. The molecule has 2 aliphatic heterocycles. The molecule has 1 saturated heterocycles. The molecule has 14 heteroatoms. The van der Waals surface area contributed by atoms with Crippen molar-refractivity contribution in [3.63, 3.8) is 0 Å². The van der Waals surface area contributed by atoms with Gasteiger partial charge in [0.2, 0.25) is 5.95 Å². The van der Waals surface area contributed by atoms with Crippen LogP contribution in [0.3, 0.4) is 0 Å². The number of aromatic nitrogens is 2. The Kier molecular flexibility index (Phi) is 8.28. The van der Waals surface area contributed by atoms with Crippen molar-refractivity contribution in [1.82, 2.24) is 20.2 Å². The first-order valence-corrected chi connectivity index (χ1v) is 14.2. The Bertz CT molecular complexity index is 1340. The molecule has 1 aromatic carbocycles. The Morgan fingerprint density at radius 1 is 1.14 bits per heavy atom. The van der Waals surface area contributed by atoms with Crippen molar-refractivity contribution in [3.8, 4) is 0 Å². The number of nitrogens with one attached hydrogen (secondary N) is 2. The number of likely N-dealkylation sites (tertiary alicyclic amines) is 1. The average molecular weight is 600 g/mol. The molecule has 3 heterocycles. The molecule has 2 aromatic rings. The number of carbonyl (C=O) groups is 2. The lowest BCUT2D eigenvalue weighted by Crippen LogP contribution is -2.48. The monoisotopic (exact) mass is 599 g/mol. The molecule has 2 amide bonds. The second-order valence-electron chi connectivity index (χ2n) is 11.1. The molecule has 2 fully saturated rings. The van der Waals surface area contributed by atoms with E-state index >= 15 is 0 Å². The molecule has 3 aliphatic rings. The Hall–Kier alpha value is -3.55. The number of hydrogen-bond acceptors (Lipinski definition) is 7. The molecular weight excluding hydrogens is 561 g/mol. The third-order valence-electron chi connectivity index (χ3n) is 8.34. The van der Waals surface area contributed by atoms with E-state index in [9.17, 15) is 31.5 Å². The van der Waals surface area contributed by atoms with Gasteiger partial charge in [0.15, 0.2) is 5.82 Å². The second kappa shape index (κ2) is 11.6. The van der Waals surface area contributed by atoms with E-state index in [1.807, 2.05) is 6.92 Å². The van der Waals surface area contributed by atoms with Crippen molar-refractivity contribution in [1.29, 1.82) is 0 Å². The summed E-state index contributed by atoms with van der Waals surface area (Å²) in [5, 5.41) is 5.41. The highest BCUT2D eigenvalue weighted by Crippen LogP contribution is 2.41. The van der Waals surface area contributed by atoms with Crippen LogP contribution in [-0.4, -0.2) is 77.9 Å². The third-order valence-corrected chi connectivity index (χ3v) is 8.34. The van der Waals surface area contributed by atoms with Crippen molar-refractivity contribution in [2.75, 3.05) is 48.3 Å². The van der Waals surface area contributed by atoms with Crippen molar-refractivity contribution in [3.05, 3.63) is 35.5 Å². The minimum atomic E-state index is -4.82. The van der Waals surface area contributed by atoms with Crippen LogP contribution in [0.1, 0.15) is 64.2 Å². The average Bonchev–Trinajstić information content (AvgIpc) is 3.48. The van der Waals surface area contributed by atoms with Gasteiger partial charge in [0.1, 0.15) is 5.69 Å². The van der Waals surface area contributed by atoms with Gasteiger partial charge in [-0.3, -0.25) is 9.59 Å². The van der Waals surface area contributed by atoms with E-state index in [4.69, 9.17) is 0 Å². The molecule has 1 aliphatic carbocycles. The summed E-state index contributed by atoms with van der Waals surface area (Å²) in [6.45, 7) is 3.67. The first-order chi connectivity index (χ1) is 19.9. The van der Waals surface area contributed by atoms with Gasteiger partial charge in [-0.1, -0.05) is 19.8 Å². The predicted molar refractivity (Wildman–Crippen MR) is 152 cm³/mol. The summed E-state index contributed by atoms with van der Waals surface area (Å²) in [6, 6.07) is 2.77. The largest absolute Gasteiger partial charge is 0.418 e. The van der Waals surface area contributed by atoms with Crippen LogP contribution in [0.4, 0.5) is 45.1 Å². The number of benzene rings is 1. The number of anilines is 4. The molecular formula is C28H38F5N7O2. The van der Waals surface area contributed by atoms with Gasteiger partial charge in [0, 0.05) is 40.6 Å². The summed E-state index contributed by atoms with van der Waals surface area (Å²) < 4.78 is 72.1. The quantitative estimate of drug-likeness (QED) is 0.435. The third kappa shape index (κ3) is 6.13. The zero-order valence-corrected chi connectivity index (χ0v) is 23.5. The van der Waals surface area contributed by atoms with E-state index in [0.29, 0.717) is 25.7 Å². The first kappa shape index (κ1) is 29.9. The maximum absolute atomic E-state index is 14.8. The molecule has 232 valence electrons. The van der Waals surface area contributed by atoms with Crippen LogP contribution in [0.25, 0.3) is 0 Å². The van der Waals surface area contributed by atoms with Gasteiger partial charge in [0.05, 0.1) is 24.0 Å². The highest BCUT2D eigenvalue weighted by Gasteiger charge is 2.49.